The molecule has 0 heterocycles. The highest BCUT2D eigenvalue weighted by Gasteiger charge is 2.14. The number of anilines is 1. The monoisotopic (exact) mass is 305 g/mol. The van der Waals surface area contributed by atoms with Crippen molar-refractivity contribution in [2.45, 2.75) is 52.1 Å². The summed E-state index contributed by atoms with van der Waals surface area (Å²) in [6.07, 6.45) is 6.61. The van der Waals surface area contributed by atoms with Crippen molar-refractivity contribution in [1.29, 1.82) is 0 Å². The molecule has 120 valence electrons. The average Bonchev–Trinajstić information content (AvgIpc) is 2.42. The van der Waals surface area contributed by atoms with Gasteiger partial charge in [-0.1, -0.05) is 39.0 Å². The van der Waals surface area contributed by atoms with Crippen molar-refractivity contribution in [3.63, 3.8) is 0 Å². The summed E-state index contributed by atoms with van der Waals surface area (Å²) in [6, 6.07) is 1.99. The van der Waals surface area contributed by atoms with Crippen molar-refractivity contribution in [1.82, 2.24) is 0 Å². The van der Waals surface area contributed by atoms with Crippen LogP contribution in [-0.4, -0.2) is 13.2 Å². The first-order valence-electron chi connectivity index (χ1n) is 7.21. The lowest BCUT2D eigenvalue weighted by Crippen LogP contribution is -2.06. The topological polar surface area (TPSA) is 44.5 Å². The summed E-state index contributed by atoms with van der Waals surface area (Å²) >= 11 is 0. The SMILES string of the molecule is CCCCCCCCOc1cc(OC(F)F)c(F)cc1N. The van der Waals surface area contributed by atoms with Crippen molar-refractivity contribution in [3.05, 3.63) is 17.9 Å². The molecule has 0 saturated heterocycles. The first-order chi connectivity index (χ1) is 10.0. The van der Waals surface area contributed by atoms with Crippen molar-refractivity contribution >= 4 is 5.69 Å². The zero-order valence-electron chi connectivity index (χ0n) is 12.2. The quantitative estimate of drug-likeness (QED) is 0.501. The molecule has 1 rings (SSSR count). The Kier molecular flexibility index (Phi) is 7.79. The number of hydrogen-bond donors (Lipinski definition) is 1. The number of ether oxygens (including phenoxy) is 2. The summed E-state index contributed by atoms with van der Waals surface area (Å²) in [5.41, 5.74) is 5.66. The zero-order chi connectivity index (χ0) is 15.7. The molecule has 0 saturated carbocycles. The van der Waals surface area contributed by atoms with Crippen LogP contribution in [0.2, 0.25) is 0 Å². The number of nitrogens with two attached hydrogens (primary N) is 1. The molecular formula is C15H22F3NO2. The summed E-state index contributed by atoms with van der Waals surface area (Å²) in [5, 5.41) is 0. The van der Waals surface area contributed by atoms with Gasteiger partial charge in [0.2, 0.25) is 0 Å². The van der Waals surface area contributed by atoms with Crippen molar-refractivity contribution < 1.29 is 22.6 Å². The first kappa shape index (κ1) is 17.5. The third-order valence-electron chi connectivity index (χ3n) is 3.04. The van der Waals surface area contributed by atoms with Crippen LogP contribution in [0.5, 0.6) is 11.5 Å². The number of unbranched alkanes of at least 4 members (excludes halogenated alkanes) is 5. The highest BCUT2D eigenvalue weighted by Crippen LogP contribution is 2.31. The Hall–Kier alpha value is -1.59. The van der Waals surface area contributed by atoms with Crippen LogP contribution < -0.4 is 15.2 Å². The third-order valence-corrected chi connectivity index (χ3v) is 3.04. The van der Waals surface area contributed by atoms with E-state index in [2.05, 4.69) is 11.7 Å². The van der Waals surface area contributed by atoms with Crippen LogP contribution in [0, 0.1) is 5.82 Å². The molecule has 0 aromatic heterocycles. The maximum atomic E-state index is 13.4. The highest BCUT2D eigenvalue weighted by atomic mass is 19.3. The fourth-order valence-corrected chi connectivity index (χ4v) is 1.93. The number of hydrogen-bond acceptors (Lipinski definition) is 3. The van der Waals surface area contributed by atoms with Crippen LogP contribution in [0.4, 0.5) is 18.9 Å². The molecule has 21 heavy (non-hydrogen) atoms. The molecule has 1 aromatic carbocycles. The van der Waals surface area contributed by atoms with Gasteiger partial charge in [0.25, 0.3) is 0 Å². The molecule has 0 atom stereocenters. The van der Waals surface area contributed by atoms with Crippen LogP contribution in [0.25, 0.3) is 0 Å². The smallest absolute Gasteiger partial charge is 0.387 e. The van der Waals surface area contributed by atoms with Gasteiger partial charge >= 0.3 is 6.61 Å². The van der Waals surface area contributed by atoms with Crippen molar-refractivity contribution in [3.8, 4) is 11.5 Å². The molecule has 1 aromatic rings. The van der Waals surface area contributed by atoms with Gasteiger partial charge in [-0.05, 0) is 6.42 Å². The highest BCUT2D eigenvalue weighted by molar-refractivity contribution is 5.56. The van der Waals surface area contributed by atoms with Crippen LogP contribution in [0.1, 0.15) is 45.4 Å². The third kappa shape index (κ3) is 6.60. The Morgan fingerprint density at radius 3 is 2.38 bits per heavy atom. The fraction of sp³-hybridized carbons (Fsp3) is 0.600. The standard InChI is InChI=1S/C15H22F3NO2/c1-2-3-4-5-6-7-8-20-14-10-13(21-15(17)18)11(16)9-12(14)19/h9-10,15H,2-8,19H2,1H3. The van der Waals surface area contributed by atoms with E-state index in [4.69, 9.17) is 10.5 Å². The maximum Gasteiger partial charge on any atom is 0.387 e. The minimum absolute atomic E-state index is 0.0695. The van der Waals surface area contributed by atoms with Crippen LogP contribution in [-0.2, 0) is 0 Å². The van der Waals surface area contributed by atoms with E-state index in [0.29, 0.717) is 6.61 Å². The molecule has 3 nitrogen and oxygen atoms in total. The molecule has 0 fully saturated rings. The van der Waals surface area contributed by atoms with Crippen LogP contribution in [0.3, 0.4) is 0 Å². The summed E-state index contributed by atoms with van der Waals surface area (Å²) in [5.74, 6) is -1.32. The molecule has 0 bridgehead atoms. The molecule has 0 amide bonds. The Morgan fingerprint density at radius 1 is 1.05 bits per heavy atom. The lowest BCUT2D eigenvalue weighted by atomic mass is 10.1. The Balaban J connectivity index is 2.43. The number of halogens is 3. The van der Waals surface area contributed by atoms with E-state index in [-0.39, 0.29) is 11.4 Å². The minimum Gasteiger partial charge on any atom is -0.491 e. The van der Waals surface area contributed by atoms with Gasteiger partial charge in [0.15, 0.2) is 11.6 Å². The molecule has 0 radical (unpaired) electrons. The van der Waals surface area contributed by atoms with Gasteiger partial charge in [-0.25, -0.2) is 4.39 Å². The van der Waals surface area contributed by atoms with Gasteiger partial charge in [0.05, 0.1) is 12.3 Å². The number of alkyl halides is 2. The van der Waals surface area contributed by atoms with E-state index < -0.39 is 18.2 Å². The van der Waals surface area contributed by atoms with Crippen LogP contribution in [0.15, 0.2) is 12.1 Å². The van der Waals surface area contributed by atoms with E-state index in [0.717, 1.165) is 31.4 Å². The number of nitrogen functional groups attached to an aromatic ring is 1. The van der Waals surface area contributed by atoms with Gasteiger partial charge in [-0.2, -0.15) is 8.78 Å². The first-order valence-corrected chi connectivity index (χ1v) is 7.21. The van der Waals surface area contributed by atoms with E-state index in [1.54, 1.807) is 0 Å². The Labute approximate surface area is 123 Å². The molecular weight excluding hydrogens is 283 g/mol. The molecule has 0 aliphatic rings. The second kappa shape index (κ2) is 9.37. The Bertz CT molecular complexity index is 428. The molecule has 0 aliphatic carbocycles. The van der Waals surface area contributed by atoms with E-state index >= 15 is 0 Å². The fourth-order valence-electron chi connectivity index (χ4n) is 1.93. The largest absolute Gasteiger partial charge is 0.491 e. The molecule has 0 unspecified atom stereocenters. The summed E-state index contributed by atoms with van der Waals surface area (Å²) < 4.78 is 47.1. The zero-order valence-corrected chi connectivity index (χ0v) is 12.2. The Morgan fingerprint density at radius 2 is 1.71 bits per heavy atom. The summed E-state index contributed by atoms with van der Waals surface area (Å²) in [6.45, 7) is -0.523. The predicted octanol–water partition coefficient (Wildman–Crippen LogP) is 4.75. The second-order valence-corrected chi connectivity index (χ2v) is 4.82. The minimum atomic E-state index is -3.09. The van der Waals surface area contributed by atoms with Gasteiger partial charge in [0, 0.05) is 12.1 Å². The number of benzene rings is 1. The summed E-state index contributed by atoms with van der Waals surface area (Å²) in [7, 11) is 0. The van der Waals surface area contributed by atoms with E-state index in [9.17, 15) is 13.2 Å². The lowest BCUT2D eigenvalue weighted by molar-refractivity contribution is -0.0522. The predicted molar refractivity (Wildman–Crippen MR) is 76.3 cm³/mol. The lowest BCUT2D eigenvalue weighted by Gasteiger charge is -2.12. The number of rotatable bonds is 10. The average molecular weight is 305 g/mol. The molecule has 6 heteroatoms. The summed E-state index contributed by atoms with van der Waals surface area (Å²) in [4.78, 5) is 0. The van der Waals surface area contributed by atoms with Gasteiger partial charge in [-0.15, -0.1) is 0 Å². The van der Waals surface area contributed by atoms with Gasteiger partial charge in [-0.3, -0.25) is 0 Å². The molecule has 2 N–H and O–H groups in total. The maximum absolute atomic E-state index is 13.4. The van der Waals surface area contributed by atoms with Gasteiger partial charge in [0.1, 0.15) is 5.75 Å². The van der Waals surface area contributed by atoms with Gasteiger partial charge < -0.3 is 15.2 Å². The molecule has 0 spiro atoms. The van der Waals surface area contributed by atoms with E-state index in [1.165, 1.54) is 19.3 Å². The van der Waals surface area contributed by atoms with Crippen LogP contribution >= 0.6 is 0 Å². The molecule has 0 aliphatic heterocycles. The second-order valence-electron chi connectivity index (χ2n) is 4.82. The van der Waals surface area contributed by atoms with E-state index in [1.807, 2.05) is 0 Å². The van der Waals surface area contributed by atoms with Crippen molar-refractivity contribution in [2.24, 2.45) is 0 Å². The van der Waals surface area contributed by atoms with Crippen molar-refractivity contribution in [2.75, 3.05) is 12.3 Å². The normalized spacial score (nSPS) is 10.9.